The number of hydrogen-bond donors (Lipinski definition) is 0. The number of benzene rings is 8. The minimum atomic E-state index is 0.0764. The van der Waals surface area contributed by atoms with E-state index in [0.29, 0.717) is 5.82 Å². The van der Waals surface area contributed by atoms with E-state index in [4.69, 9.17) is 14.4 Å². The molecule has 8 aromatic carbocycles. The molecule has 2 fully saturated rings. The Labute approximate surface area is 392 Å². The lowest BCUT2D eigenvalue weighted by Crippen LogP contribution is -2.29. The second kappa shape index (κ2) is 15.1. The van der Waals surface area contributed by atoms with E-state index in [-0.39, 0.29) is 10.8 Å². The first-order valence-corrected chi connectivity index (χ1v) is 24.6. The Balaban J connectivity index is 0.851. The molecule has 4 aliphatic carbocycles. The zero-order valence-electron chi connectivity index (χ0n) is 37.7. The molecule has 3 nitrogen and oxygen atoms in total. The number of nitrogens with zero attached hydrogens (tertiary/aromatic N) is 2. The van der Waals surface area contributed by atoms with Gasteiger partial charge in [0.2, 0.25) is 0 Å². The number of aromatic nitrogens is 2. The van der Waals surface area contributed by atoms with Gasteiger partial charge in [-0.15, -0.1) is 0 Å². The fraction of sp³-hybridized carbons (Fsp3) is 0.188. The molecule has 0 amide bonds. The van der Waals surface area contributed by atoms with Crippen LogP contribution in [0.5, 0.6) is 0 Å². The van der Waals surface area contributed by atoms with Crippen molar-refractivity contribution in [2.24, 2.45) is 0 Å². The van der Waals surface area contributed by atoms with Crippen LogP contribution < -0.4 is 0 Å². The fourth-order valence-corrected chi connectivity index (χ4v) is 13.2. The van der Waals surface area contributed by atoms with E-state index in [1.165, 1.54) is 103 Å². The van der Waals surface area contributed by atoms with Crippen molar-refractivity contribution in [2.45, 2.75) is 75.0 Å². The van der Waals surface area contributed by atoms with Crippen LogP contribution in [0.3, 0.4) is 0 Å². The Kier molecular flexibility index (Phi) is 8.75. The number of rotatable bonds is 5. The van der Waals surface area contributed by atoms with Crippen LogP contribution in [0.4, 0.5) is 0 Å². The Morgan fingerprint density at radius 2 is 0.896 bits per heavy atom. The molecule has 0 bridgehead atoms. The lowest BCUT2D eigenvalue weighted by molar-refractivity contribution is 0.350. The molecule has 0 radical (unpaired) electrons. The largest absolute Gasteiger partial charge is 0.456 e. The fourth-order valence-electron chi connectivity index (χ4n) is 13.2. The molecule has 0 N–H and O–H groups in total. The van der Waals surface area contributed by atoms with Crippen molar-refractivity contribution < 1.29 is 4.42 Å². The summed E-state index contributed by atoms with van der Waals surface area (Å²) in [6.07, 6.45) is 12.8. The van der Waals surface area contributed by atoms with Crippen LogP contribution in [0.1, 0.15) is 86.5 Å². The molecule has 10 aromatic rings. The number of furan rings is 1. The number of hydrogen-bond acceptors (Lipinski definition) is 3. The molecule has 4 aliphatic rings. The van der Waals surface area contributed by atoms with E-state index >= 15 is 0 Å². The first kappa shape index (κ1) is 38.9. The summed E-state index contributed by atoms with van der Waals surface area (Å²) in [6, 6.07) is 67.3. The van der Waals surface area contributed by atoms with Gasteiger partial charge in [-0.3, -0.25) is 0 Å². The van der Waals surface area contributed by atoms with Crippen molar-refractivity contribution >= 4 is 21.9 Å². The van der Waals surface area contributed by atoms with Crippen molar-refractivity contribution in [3.63, 3.8) is 0 Å². The van der Waals surface area contributed by atoms with Crippen LogP contribution in [0.15, 0.2) is 186 Å². The van der Waals surface area contributed by atoms with Crippen molar-refractivity contribution in [1.82, 2.24) is 9.97 Å². The van der Waals surface area contributed by atoms with Gasteiger partial charge in [0.15, 0.2) is 5.82 Å². The van der Waals surface area contributed by atoms with Gasteiger partial charge in [0.1, 0.15) is 11.2 Å². The average Bonchev–Trinajstić information content (AvgIpc) is 4.00. The van der Waals surface area contributed by atoms with Crippen LogP contribution in [-0.4, -0.2) is 9.97 Å². The van der Waals surface area contributed by atoms with Crippen molar-refractivity contribution in [2.75, 3.05) is 0 Å². The third-order valence-corrected chi connectivity index (χ3v) is 16.3. The molecule has 67 heavy (non-hydrogen) atoms. The summed E-state index contributed by atoms with van der Waals surface area (Å²) in [5, 5.41) is 2.22. The molecule has 2 saturated carbocycles. The smallest absolute Gasteiger partial charge is 0.160 e. The predicted molar refractivity (Wildman–Crippen MR) is 275 cm³/mol. The summed E-state index contributed by atoms with van der Waals surface area (Å²) in [5.41, 5.74) is 24.0. The minimum Gasteiger partial charge on any atom is -0.456 e. The van der Waals surface area contributed by atoms with Gasteiger partial charge < -0.3 is 4.42 Å². The van der Waals surface area contributed by atoms with Crippen molar-refractivity contribution in [3.05, 3.63) is 204 Å². The summed E-state index contributed by atoms with van der Waals surface area (Å²) >= 11 is 0. The lowest BCUT2D eigenvalue weighted by atomic mass is 9.66. The van der Waals surface area contributed by atoms with E-state index in [0.717, 1.165) is 55.6 Å². The molecule has 0 atom stereocenters. The Morgan fingerprint density at radius 1 is 0.328 bits per heavy atom. The predicted octanol–water partition coefficient (Wildman–Crippen LogP) is 17.2. The summed E-state index contributed by atoms with van der Waals surface area (Å²) in [5.74, 6) is 0.697. The Hall–Kier alpha value is -7.36. The number of fused-ring (bicyclic) bond motifs is 13. The zero-order valence-corrected chi connectivity index (χ0v) is 37.7. The highest BCUT2D eigenvalue weighted by Gasteiger charge is 2.49. The molecule has 3 heteroatoms. The molecule has 322 valence electrons. The van der Waals surface area contributed by atoms with Gasteiger partial charge in [-0.2, -0.15) is 0 Å². The SMILES string of the molecule is c1ccc(-c2nc(-c3cccc(-c4ccc(-c5cccc6c5-c5cc7c(cc5C65CCCCC5)-c5ccccc5C75CCCCC5)cc4)c3)cc(-c3ccc4c(c3)oc3ccccc34)n2)cc1. The maximum Gasteiger partial charge on any atom is 0.160 e. The van der Waals surface area contributed by atoms with E-state index in [1.54, 1.807) is 22.3 Å². The molecule has 2 spiro atoms. The molecular formula is C64H50N2O. The first-order valence-electron chi connectivity index (χ1n) is 24.6. The Morgan fingerprint density at radius 3 is 1.70 bits per heavy atom. The average molecular weight is 863 g/mol. The molecule has 2 aromatic heterocycles. The lowest BCUT2D eigenvalue weighted by Gasteiger charge is -2.37. The van der Waals surface area contributed by atoms with Gasteiger partial charge in [-0.25, -0.2) is 9.97 Å². The zero-order chi connectivity index (χ0) is 44.1. The van der Waals surface area contributed by atoms with E-state index < -0.39 is 0 Å². The molecular weight excluding hydrogens is 813 g/mol. The second-order valence-electron chi connectivity index (χ2n) is 19.8. The molecule has 0 unspecified atom stereocenters. The summed E-state index contributed by atoms with van der Waals surface area (Å²) in [6.45, 7) is 0. The highest BCUT2D eigenvalue weighted by molar-refractivity contribution is 6.06. The highest BCUT2D eigenvalue weighted by atomic mass is 16.3. The standard InChI is InChI=1S/C64H50N2O/c1-4-16-43(17-5-1)62-65-57(40-58(66-62)46-30-31-50-49-21-7-9-25-59(49)67-60(50)37-46)45-19-14-18-44(36-45)41-26-28-42(29-27-41)47-22-15-24-54-61(47)52-39-55-51(38-56(52)64(54)34-12-3-13-35-64)48-20-6-8-23-53(48)63(55)32-10-2-11-33-63/h1,4-9,14-31,36-40H,2-3,10-13,32-35H2. The van der Waals surface area contributed by atoms with Gasteiger partial charge in [0, 0.05) is 38.3 Å². The van der Waals surface area contributed by atoms with E-state index in [1.807, 2.05) is 30.3 Å². The maximum absolute atomic E-state index is 6.31. The van der Waals surface area contributed by atoms with Crippen LogP contribution >= 0.6 is 0 Å². The molecule has 2 heterocycles. The maximum atomic E-state index is 6.31. The third-order valence-electron chi connectivity index (χ3n) is 16.3. The van der Waals surface area contributed by atoms with Crippen molar-refractivity contribution in [1.29, 1.82) is 0 Å². The molecule has 14 rings (SSSR count). The summed E-state index contributed by atoms with van der Waals surface area (Å²) in [7, 11) is 0. The third kappa shape index (κ3) is 5.96. The van der Waals surface area contributed by atoms with Crippen LogP contribution in [-0.2, 0) is 10.8 Å². The Bertz CT molecular complexity index is 3580. The van der Waals surface area contributed by atoms with Gasteiger partial charge in [-0.05, 0) is 135 Å². The minimum absolute atomic E-state index is 0.0764. The van der Waals surface area contributed by atoms with Gasteiger partial charge in [0.25, 0.3) is 0 Å². The van der Waals surface area contributed by atoms with Crippen molar-refractivity contribution in [3.8, 4) is 78.4 Å². The van der Waals surface area contributed by atoms with Gasteiger partial charge in [-0.1, -0.05) is 178 Å². The van der Waals surface area contributed by atoms with Gasteiger partial charge in [0.05, 0.1) is 11.4 Å². The summed E-state index contributed by atoms with van der Waals surface area (Å²) in [4.78, 5) is 10.3. The second-order valence-corrected chi connectivity index (χ2v) is 19.8. The quantitative estimate of drug-likeness (QED) is 0.173. The van der Waals surface area contributed by atoms with Gasteiger partial charge >= 0.3 is 0 Å². The highest BCUT2D eigenvalue weighted by Crippen LogP contribution is 2.63. The van der Waals surface area contributed by atoms with Crippen LogP contribution in [0, 0.1) is 0 Å². The normalized spacial score (nSPS) is 16.3. The monoisotopic (exact) mass is 862 g/mol. The van der Waals surface area contributed by atoms with Crippen LogP contribution in [0.25, 0.3) is 100 Å². The first-order chi connectivity index (χ1) is 33.1. The van der Waals surface area contributed by atoms with Crippen LogP contribution in [0.2, 0.25) is 0 Å². The topological polar surface area (TPSA) is 38.9 Å². The summed E-state index contributed by atoms with van der Waals surface area (Å²) < 4.78 is 6.31. The molecule has 0 aliphatic heterocycles. The van der Waals surface area contributed by atoms with E-state index in [2.05, 4.69) is 152 Å². The number of para-hydroxylation sites is 1. The van der Waals surface area contributed by atoms with E-state index in [9.17, 15) is 0 Å². The molecule has 0 saturated heterocycles.